The van der Waals surface area contributed by atoms with Gasteiger partial charge in [-0.2, -0.15) is 5.26 Å². The summed E-state index contributed by atoms with van der Waals surface area (Å²) < 4.78 is 10.7. The van der Waals surface area contributed by atoms with Crippen LogP contribution in [0.25, 0.3) is 6.08 Å². The molecule has 0 spiro atoms. The Morgan fingerprint density at radius 1 is 1.21 bits per heavy atom. The van der Waals surface area contributed by atoms with Crippen LogP contribution in [0.1, 0.15) is 18.1 Å². The van der Waals surface area contributed by atoms with Crippen molar-refractivity contribution in [2.75, 3.05) is 11.7 Å². The molecule has 140 valence electrons. The maximum Gasteiger partial charge on any atom is 0.283 e. The molecule has 0 aromatic heterocycles. The molecule has 2 heterocycles. The Kier molecular flexibility index (Phi) is 4.80. The van der Waals surface area contributed by atoms with E-state index in [9.17, 15) is 10.1 Å². The molecule has 0 saturated carbocycles. The molecule has 0 fully saturated rings. The van der Waals surface area contributed by atoms with Crippen molar-refractivity contribution >= 4 is 34.6 Å². The second-order valence-corrected chi connectivity index (χ2v) is 7.71. The fraction of sp³-hybridized carbons (Fsp3) is 0.190. The summed E-state index contributed by atoms with van der Waals surface area (Å²) in [5, 5.41) is 9.34. The van der Waals surface area contributed by atoms with Gasteiger partial charge < -0.3 is 9.47 Å². The number of aliphatic imine (C=N–C) groups is 1. The van der Waals surface area contributed by atoms with E-state index in [1.807, 2.05) is 49.4 Å². The molecule has 1 amide bonds. The first kappa shape index (κ1) is 18.1. The van der Waals surface area contributed by atoms with E-state index in [1.54, 1.807) is 17.9 Å². The molecule has 0 unspecified atom stereocenters. The van der Waals surface area contributed by atoms with Crippen molar-refractivity contribution in [2.45, 2.75) is 19.1 Å². The number of ether oxygens (including phenoxy) is 2. The van der Waals surface area contributed by atoms with Crippen molar-refractivity contribution in [1.82, 2.24) is 0 Å². The van der Waals surface area contributed by atoms with Gasteiger partial charge in [-0.1, -0.05) is 35.5 Å². The van der Waals surface area contributed by atoms with E-state index in [1.165, 1.54) is 11.8 Å². The number of nitrogens with zero attached hydrogens (tertiary/aromatic N) is 3. The average molecular weight is 391 g/mol. The van der Waals surface area contributed by atoms with E-state index >= 15 is 0 Å². The Labute approximate surface area is 167 Å². The summed E-state index contributed by atoms with van der Waals surface area (Å²) in [5.41, 5.74) is 2.93. The van der Waals surface area contributed by atoms with Gasteiger partial charge in [0, 0.05) is 0 Å². The molecule has 1 atom stereocenters. The Bertz CT molecular complexity index is 1040. The van der Waals surface area contributed by atoms with Gasteiger partial charge in [-0.15, -0.1) is 0 Å². The molecule has 7 heteroatoms. The topological polar surface area (TPSA) is 74.9 Å². The largest absolute Gasteiger partial charge is 0.454 e. The Morgan fingerprint density at radius 3 is 2.71 bits per heavy atom. The minimum Gasteiger partial charge on any atom is -0.454 e. The summed E-state index contributed by atoms with van der Waals surface area (Å²) in [7, 11) is 0. The summed E-state index contributed by atoms with van der Waals surface area (Å²) in [5.74, 6) is 1.10. The van der Waals surface area contributed by atoms with Gasteiger partial charge >= 0.3 is 0 Å². The van der Waals surface area contributed by atoms with Crippen LogP contribution in [0, 0.1) is 18.3 Å². The molecular weight excluding hydrogens is 374 g/mol. The van der Waals surface area contributed by atoms with Crippen LogP contribution in [0.5, 0.6) is 11.5 Å². The van der Waals surface area contributed by atoms with Crippen molar-refractivity contribution in [3.63, 3.8) is 0 Å². The summed E-state index contributed by atoms with van der Waals surface area (Å²) in [6, 6.07) is 15.3. The van der Waals surface area contributed by atoms with E-state index in [0.717, 1.165) is 16.8 Å². The number of carbonyl (C=O) groups is 1. The average Bonchev–Trinajstić information content (AvgIpc) is 3.27. The zero-order valence-corrected chi connectivity index (χ0v) is 16.2. The molecule has 4 rings (SSSR count). The normalized spacial score (nSPS) is 17.6. The van der Waals surface area contributed by atoms with Gasteiger partial charge in [-0.25, -0.2) is 4.99 Å². The fourth-order valence-corrected chi connectivity index (χ4v) is 3.66. The van der Waals surface area contributed by atoms with Crippen LogP contribution in [0.2, 0.25) is 0 Å². The van der Waals surface area contributed by atoms with Crippen molar-refractivity contribution < 1.29 is 14.3 Å². The molecule has 0 aliphatic carbocycles. The smallest absolute Gasteiger partial charge is 0.283 e. The third-order valence-corrected chi connectivity index (χ3v) is 5.23. The van der Waals surface area contributed by atoms with Gasteiger partial charge in [-0.05, 0) is 49.8 Å². The zero-order valence-electron chi connectivity index (χ0n) is 15.4. The highest BCUT2D eigenvalue weighted by molar-refractivity contribution is 8.15. The first-order chi connectivity index (χ1) is 13.5. The maximum absolute atomic E-state index is 13.1. The van der Waals surface area contributed by atoms with E-state index in [-0.39, 0.29) is 18.0 Å². The van der Waals surface area contributed by atoms with Crippen molar-refractivity contribution in [2.24, 2.45) is 4.99 Å². The van der Waals surface area contributed by atoms with Gasteiger partial charge in [0.15, 0.2) is 16.7 Å². The lowest BCUT2D eigenvalue weighted by molar-refractivity contribution is -0.113. The van der Waals surface area contributed by atoms with Crippen LogP contribution >= 0.6 is 11.8 Å². The lowest BCUT2D eigenvalue weighted by Crippen LogP contribution is -2.31. The molecule has 2 aliphatic heterocycles. The van der Waals surface area contributed by atoms with E-state index < -0.39 is 0 Å². The summed E-state index contributed by atoms with van der Waals surface area (Å²) >= 11 is 1.26. The molecule has 0 bridgehead atoms. The van der Waals surface area contributed by atoms with Crippen LogP contribution < -0.4 is 14.4 Å². The number of aryl methyl sites for hydroxylation is 1. The number of hydrogen-bond acceptors (Lipinski definition) is 6. The third-order valence-electron chi connectivity index (χ3n) is 4.29. The first-order valence-electron chi connectivity index (χ1n) is 8.72. The number of amidine groups is 1. The summed E-state index contributed by atoms with van der Waals surface area (Å²) in [6.07, 6.45) is 1.72. The Morgan fingerprint density at radius 2 is 1.96 bits per heavy atom. The molecule has 28 heavy (non-hydrogen) atoms. The van der Waals surface area contributed by atoms with E-state index in [2.05, 4.69) is 11.1 Å². The molecule has 2 aromatic carbocycles. The highest BCUT2D eigenvalue weighted by Gasteiger charge is 2.33. The second-order valence-electron chi connectivity index (χ2n) is 6.40. The fourth-order valence-electron chi connectivity index (χ4n) is 2.84. The number of rotatable bonds is 3. The van der Waals surface area contributed by atoms with Gasteiger partial charge in [-0.3, -0.25) is 9.69 Å². The third kappa shape index (κ3) is 3.47. The predicted octanol–water partition coefficient (Wildman–Crippen LogP) is 4.11. The van der Waals surface area contributed by atoms with Crippen molar-refractivity contribution in [1.29, 1.82) is 5.26 Å². The highest BCUT2D eigenvalue weighted by Crippen LogP contribution is 2.35. The number of nitriles is 1. The highest BCUT2D eigenvalue weighted by atomic mass is 32.2. The number of carbonyl (C=O) groups excluding carboxylic acids is 1. The van der Waals surface area contributed by atoms with Gasteiger partial charge in [0.1, 0.15) is 5.70 Å². The first-order valence-corrected chi connectivity index (χ1v) is 9.60. The number of benzene rings is 2. The Balaban J connectivity index is 1.70. The number of anilines is 1. The van der Waals surface area contributed by atoms with Crippen LogP contribution in [0.3, 0.4) is 0 Å². The monoisotopic (exact) mass is 391 g/mol. The minimum atomic E-state index is -0.329. The van der Waals surface area contributed by atoms with E-state index in [4.69, 9.17) is 9.47 Å². The second kappa shape index (κ2) is 7.41. The summed E-state index contributed by atoms with van der Waals surface area (Å²) in [4.78, 5) is 19.2. The number of hydrogen-bond donors (Lipinski definition) is 0. The lowest BCUT2D eigenvalue weighted by atomic mass is 10.1. The zero-order chi connectivity index (χ0) is 19.7. The SMILES string of the molecule is Cc1ccc(N2C(=O)/C(=C/c3ccc4c(c3)OCO4)N=C2S[C@@H](C)C#N)cc1. The molecular formula is C21H17N3O3S. The van der Waals surface area contributed by atoms with Crippen LogP contribution in [0.4, 0.5) is 5.69 Å². The molecule has 0 radical (unpaired) electrons. The molecule has 0 saturated heterocycles. The van der Waals surface area contributed by atoms with Crippen molar-refractivity contribution in [3.05, 3.63) is 59.3 Å². The van der Waals surface area contributed by atoms with Gasteiger partial charge in [0.2, 0.25) is 6.79 Å². The molecule has 6 nitrogen and oxygen atoms in total. The standard InChI is InChI=1S/C21H17N3O3S/c1-13-3-6-16(7-4-13)24-20(25)17(23-21(24)28-14(2)11-22)9-15-5-8-18-19(10-15)27-12-26-18/h3-10,14H,12H2,1-2H3/b17-9-/t14-/m0/s1. The number of thioether (sulfide) groups is 1. The van der Waals surface area contributed by atoms with Gasteiger partial charge in [0.05, 0.1) is 17.0 Å². The quantitative estimate of drug-likeness (QED) is 0.736. The van der Waals surface area contributed by atoms with Gasteiger partial charge in [0.25, 0.3) is 5.91 Å². The van der Waals surface area contributed by atoms with Crippen molar-refractivity contribution in [3.8, 4) is 17.6 Å². The molecule has 2 aromatic rings. The number of fused-ring (bicyclic) bond motifs is 1. The lowest BCUT2D eigenvalue weighted by Gasteiger charge is -2.18. The maximum atomic E-state index is 13.1. The predicted molar refractivity (Wildman–Crippen MR) is 109 cm³/mol. The van der Waals surface area contributed by atoms with Crippen LogP contribution in [-0.2, 0) is 4.79 Å². The minimum absolute atomic E-state index is 0.195. The van der Waals surface area contributed by atoms with Crippen LogP contribution in [0.15, 0.2) is 53.2 Å². The molecule has 0 N–H and O–H groups in total. The Hall–Kier alpha value is -3.24. The number of amides is 1. The summed E-state index contributed by atoms with van der Waals surface area (Å²) in [6.45, 7) is 3.97. The van der Waals surface area contributed by atoms with Crippen LogP contribution in [-0.4, -0.2) is 23.1 Å². The molecule has 2 aliphatic rings. The van der Waals surface area contributed by atoms with E-state index in [0.29, 0.717) is 22.4 Å².